The predicted molar refractivity (Wildman–Crippen MR) is 51.8 cm³/mol. The lowest BCUT2D eigenvalue weighted by Gasteiger charge is -2.19. The molecule has 1 aromatic rings. The van der Waals surface area contributed by atoms with Gasteiger partial charge < -0.3 is 4.74 Å². The Kier molecular flexibility index (Phi) is 3.18. The second-order valence-corrected chi connectivity index (χ2v) is 3.87. The molecule has 0 atom stereocenters. The Morgan fingerprint density at radius 3 is 2.40 bits per heavy atom. The van der Waals surface area contributed by atoms with E-state index in [1.54, 1.807) is 20.8 Å². The number of halogens is 1. The lowest BCUT2D eigenvalue weighted by Crippen LogP contribution is -2.27. The molecule has 15 heavy (non-hydrogen) atoms. The predicted octanol–water partition coefficient (Wildman–Crippen LogP) is 1.96. The van der Waals surface area contributed by atoms with Gasteiger partial charge in [0.25, 0.3) is 0 Å². The van der Waals surface area contributed by atoms with Crippen LogP contribution in [0.15, 0.2) is 12.4 Å². The molecule has 0 aromatic carbocycles. The minimum Gasteiger partial charge on any atom is -0.444 e. The van der Waals surface area contributed by atoms with Crippen molar-refractivity contribution < 1.29 is 13.9 Å². The smallest absolute Gasteiger partial charge is 0.412 e. The Balaban J connectivity index is 2.55. The average Bonchev–Trinajstić information content (AvgIpc) is 2.05. The summed E-state index contributed by atoms with van der Waals surface area (Å²) in [5.74, 6) is 0. The van der Waals surface area contributed by atoms with Crippen LogP contribution in [0.3, 0.4) is 0 Å². The molecule has 0 saturated carbocycles. The number of nitrogens with one attached hydrogen (secondary N) is 1. The van der Waals surface area contributed by atoms with Gasteiger partial charge in [0.05, 0.1) is 18.1 Å². The summed E-state index contributed by atoms with van der Waals surface area (Å²) in [6, 6.07) is 0. The number of anilines is 1. The van der Waals surface area contributed by atoms with E-state index in [-0.39, 0.29) is 5.69 Å². The number of hydrogen-bond acceptors (Lipinski definition) is 4. The van der Waals surface area contributed by atoms with Crippen molar-refractivity contribution in [3.8, 4) is 0 Å². The largest absolute Gasteiger partial charge is 0.444 e. The van der Waals surface area contributed by atoms with Gasteiger partial charge in [-0.3, -0.25) is 5.32 Å². The molecule has 0 spiro atoms. The fourth-order valence-corrected chi connectivity index (χ4v) is 0.798. The SMILES string of the molecule is CC(C)(C)OC(=O)Nc1cnc(F)nc1. The first kappa shape index (κ1) is 11.4. The first-order valence-electron chi connectivity index (χ1n) is 4.34. The van der Waals surface area contributed by atoms with Crippen LogP contribution >= 0.6 is 0 Å². The number of carbonyl (C=O) groups excluding carboxylic acids is 1. The molecule has 0 aliphatic heterocycles. The van der Waals surface area contributed by atoms with Crippen LogP contribution in [0.1, 0.15) is 20.8 Å². The molecule has 0 bridgehead atoms. The van der Waals surface area contributed by atoms with Gasteiger partial charge in [-0.25, -0.2) is 14.8 Å². The number of rotatable bonds is 1. The van der Waals surface area contributed by atoms with Gasteiger partial charge in [-0.15, -0.1) is 0 Å². The molecule has 0 aliphatic rings. The van der Waals surface area contributed by atoms with Gasteiger partial charge in [0.1, 0.15) is 5.60 Å². The van der Waals surface area contributed by atoms with Crippen LogP contribution in [0.2, 0.25) is 0 Å². The molecule has 5 nitrogen and oxygen atoms in total. The zero-order valence-electron chi connectivity index (χ0n) is 8.74. The standard InChI is InChI=1S/C9H12FN3O2/c1-9(2,3)15-8(14)13-6-4-11-7(10)12-5-6/h4-5H,1-3H3,(H,13,14). The lowest BCUT2D eigenvalue weighted by atomic mass is 10.2. The average molecular weight is 213 g/mol. The van der Waals surface area contributed by atoms with Crippen LogP contribution in [-0.2, 0) is 4.74 Å². The fourth-order valence-electron chi connectivity index (χ4n) is 0.798. The van der Waals surface area contributed by atoms with E-state index in [1.807, 2.05) is 0 Å². The normalized spacial score (nSPS) is 10.9. The highest BCUT2D eigenvalue weighted by Gasteiger charge is 2.16. The zero-order valence-corrected chi connectivity index (χ0v) is 8.74. The quantitative estimate of drug-likeness (QED) is 0.724. The molecule has 0 unspecified atom stereocenters. The van der Waals surface area contributed by atoms with Crippen molar-refractivity contribution in [1.82, 2.24) is 9.97 Å². The fraction of sp³-hybridized carbons (Fsp3) is 0.444. The third kappa shape index (κ3) is 4.35. The molecule has 1 N–H and O–H groups in total. The first-order chi connectivity index (χ1) is 6.87. The first-order valence-corrected chi connectivity index (χ1v) is 4.34. The van der Waals surface area contributed by atoms with Crippen molar-refractivity contribution in [2.75, 3.05) is 5.32 Å². The van der Waals surface area contributed by atoms with Gasteiger partial charge in [0, 0.05) is 0 Å². The highest BCUT2D eigenvalue weighted by atomic mass is 19.1. The van der Waals surface area contributed by atoms with E-state index in [2.05, 4.69) is 15.3 Å². The lowest BCUT2D eigenvalue weighted by molar-refractivity contribution is 0.0635. The van der Waals surface area contributed by atoms with Crippen molar-refractivity contribution in [1.29, 1.82) is 0 Å². The van der Waals surface area contributed by atoms with E-state index in [0.29, 0.717) is 0 Å². The van der Waals surface area contributed by atoms with Crippen molar-refractivity contribution >= 4 is 11.8 Å². The summed E-state index contributed by atoms with van der Waals surface area (Å²) >= 11 is 0. The van der Waals surface area contributed by atoms with Gasteiger partial charge in [0.2, 0.25) is 0 Å². The molecule has 0 fully saturated rings. The number of carbonyl (C=O) groups is 1. The minimum atomic E-state index is -0.843. The van der Waals surface area contributed by atoms with Gasteiger partial charge in [0.15, 0.2) is 0 Å². The summed E-state index contributed by atoms with van der Waals surface area (Å²) in [5.41, 5.74) is -0.295. The molecule has 82 valence electrons. The molecule has 0 aliphatic carbocycles. The van der Waals surface area contributed by atoms with E-state index >= 15 is 0 Å². The molecule has 1 amide bonds. The second-order valence-electron chi connectivity index (χ2n) is 3.87. The van der Waals surface area contributed by atoms with Crippen molar-refractivity contribution in [3.05, 3.63) is 18.5 Å². The van der Waals surface area contributed by atoms with E-state index in [4.69, 9.17) is 4.74 Å². The summed E-state index contributed by atoms with van der Waals surface area (Å²) < 4.78 is 17.3. The molecule has 0 radical (unpaired) electrons. The van der Waals surface area contributed by atoms with Crippen LogP contribution in [-0.4, -0.2) is 21.7 Å². The third-order valence-electron chi connectivity index (χ3n) is 1.27. The van der Waals surface area contributed by atoms with Gasteiger partial charge in [-0.1, -0.05) is 0 Å². The molecular weight excluding hydrogens is 201 g/mol. The van der Waals surface area contributed by atoms with Gasteiger partial charge >= 0.3 is 12.2 Å². The van der Waals surface area contributed by atoms with E-state index in [0.717, 1.165) is 12.4 Å². The van der Waals surface area contributed by atoms with Crippen LogP contribution in [0.4, 0.5) is 14.9 Å². The third-order valence-corrected chi connectivity index (χ3v) is 1.27. The second kappa shape index (κ2) is 4.20. The van der Waals surface area contributed by atoms with Crippen LogP contribution in [0, 0.1) is 6.08 Å². The van der Waals surface area contributed by atoms with Crippen LogP contribution in [0.5, 0.6) is 0 Å². The molecule has 1 heterocycles. The number of nitrogens with zero attached hydrogens (tertiary/aromatic N) is 2. The highest BCUT2D eigenvalue weighted by molar-refractivity contribution is 5.84. The van der Waals surface area contributed by atoms with Crippen molar-refractivity contribution in [2.45, 2.75) is 26.4 Å². The monoisotopic (exact) mass is 213 g/mol. The van der Waals surface area contributed by atoms with Crippen molar-refractivity contribution in [3.63, 3.8) is 0 Å². The Bertz CT molecular complexity index is 345. The van der Waals surface area contributed by atoms with E-state index < -0.39 is 17.8 Å². The van der Waals surface area contributed by atoms with Gasteiger partial charge in [-0.2, -0.15) is 4.39 Å². The number of hydrogen-bond donors (Lipinski definition) is 1. The maximum Gasteiger partial charge on any atom is 0.412 e. The number of ether oxygens (including phenoxy) is 1. The highest BCUT2D eigenvalue weighted by Crippen LogP contribution is 2.09. The number of aromatic nitrogens is 2. The molecule has 1 aromatic heterocycles. The summed E-state index contributed by atoms with van der Waals surface area (Å²) in [7, 11) is 0. The van der Waals surface area contributed by atoms with Gasteiger partial charge in [-0.05, 0) is 20.8 Å². The molecule has 1 rings (SSSR count). The molecular formula is C9H12FN3O2. The van der Waals surface area contributed by atoms with Crippen LogP contribution < -0.4 is 5.32 Å². The number of amides is 1. The topological polar surface area (TPSA) is 64.1 Å². The Hall–Kier alpha value is -1.72. The Morgan fingerprint density at radius 1 is 1.40 bits per heavy atom. The summed E-state index contributed by atoms with van der Waals surface area (Å²) in [6.45, 7) is 5.23. The van der Waals surface area contributed by atoms with Crippen LogP contribution in [0.25, 0.3) is 0 Å². The summed E-state index contributed by atoms with van der Waals surface area (Å²) in [6.07, 6.45) is 0.848. The zero-order chi connectivity index (χ0) is 11.5. The van der Waals surface area contributed by atoms with E-state index in [1.165, 1.54) is 0 Å². The maximum absolute atomic E-state index is 12.3. The maximum atomic E-state index is 12.3. The Labute approximate surface area is 86.7 Å². The summed E-state index contributed by atoms with van der Waals surface area (Å²) in [4.78, 5) is 17.8. The molecule has 0 saturated heterocycles. The minimum absolute atomic E-state index is 0.283. The summed E-state index contributed by atoms with van der Waals surface area (Å²) in [5, 5.41) is 2.37. The molecule has 6 heteroatoms. The van der Waals surface area contributed by atoms with E-state index in [9.17, 15) is 9.18 Å². The van der Waals surface area contributed by atoms with Crippen molar-refractivity contribution in [2.24, 2.45) is 0 Å². The Morgan fingerprint density at radius 2 is 1.93 bits per heavy atom.